The van der Waals surface area contributed by atoms with Crippen molar-refractivity contribution in [3.63, 3.8) is 0 Å². The van der Waals surface area contributed by atoms with Crippen LogP contribution in [0.2, 0.25) is 5.02 Å². The zero-order valence-corrected chi connectivity index (χ0v) is 15.8. The lowest BCUT2D eigenvalue weighted by atomic mass is 10.0. The summed E-state index contributed by atoms with van der Waals surface area (Å²) in [4.78, 5) is 37.9. The maximum atomic E-state index is 12.9. The molecule has 0 aliphatic rings. The summed E-state index contributed by atoms with van der Waals surface area (Å²) >= 11 is 6.06. The molecule has 142 valence electrons. The standard InChI is InChI=1S/C23H14ClNO4/c24-16-10-11-19(17(13-16)21(26)14-6-2-1-3-7-14)25-22(27)18-12-15-8-4-5-9-20(15)29-23(18)28/h1-13H,(H,25,27). The Bertz CT molecular complexity index is 1300. The number of ketones is 1. The van der Waals surface area contributed by atoms with E-state index in [1.807, 2.05) is 0 Å². The highest BCUT2D eigenvalue weighted by molar-refractivity contribution is 6.31. The van der Waals surface area contributed by atoms with Crippen molar-refractivity contribution in [3.05, 3.63) is 111 Å². The number of nitrogens with one attached hydrogen (secondary N) is 1. The molecule has 6 heteroatoms. The quantitative estimate of drug-likeness (QED) is 0.387. The molecule has 0 saturated heterocycles. The van der Waals surface area contributed by atoms with Gasteiger partial charge in [0.15, 0.2) is 5.78 Å². The van der Waals surface area contributed by atoms with Crippen molar-refractivity contribution in [2.45, 2.75) is 0 Å². The minimum atomic E-state index is -0.758. The normalized spacial score (nSPS) is 10.7. The number of para-hydroxylation sites is 1. The fraction of sp³-hybridized carbons (Fsp3) is 0. The Morgan fingerprint density at radius 1 is 0.828 bits per heavy atom. The molecule has 1 N–H and O–H groups in total. The van der Waals surface area contributed by atoms with E-state index in [2.05, 4.69) is 5.32 Å². The van der Waals surface area contributed by atoms with E-state index in [1.165, 1.54) is 18.2 Å². The summed E-state index contributed by atoms with van der Waals surface area (Å²) in [7, 11) is 0. The van der Waals surface area contributed by atoms with Crippen molar-refractivity contribution in [2.24, 2.45) is 0 Å². The number of halogens is 1. The van der Waals surface area contributed by atoms with Crippen molar-refractivity contribution in [3.8, 4) is 0 Å². The lowest BCUT2D eigenvalue weighted by Crippen LogP contribution is -2.22. The van der Waals surface area contributed by atoms with Crippen LogP contribution in [0.1, 0.15) is 26.3 Å². The Morgan fingerprint density at radius 3 is 2.34 bits per heavy atom. The largest absolute Gasteiger partial charge is 0.422 e. The Balaban J connectivity index is 1.72. The monoisotopic (exact) mass is 403 g/mol. The molecule has 0 bridgehead atoms. The number of rotatable bonds is 4. The lowest BCUT2D eigenvalue weighted by molar-refractivity contribution is 0.102. The van der Waals surface area contributed by atoms with E-state index in [1.54, 1.807) is 60.7 Å². The van der Waals surface area contributed by atoms with Gasteiger partial charge in [0.05, 0.1) is 5.69 Å². The molecule has 0 unspecified atom stereocenters. The lowest BCUT2D eigenvalue weighted by Gasteiger charge is -2.11. The van der Waals surface area contributed by atoms with E-state index in [9.17, 15) is 14.4 Å². The minimum Gasteiger partial charge on any atom is -0.422 e. The summed E-state index contributed by atoms with van der Waals surface area (Å²) < 4.78 is 5.21. The topological polar surface area (TPSA) is 76.4 Å². The van der Waals surface area contributed by atoms with Crippen molar-refractivity contribution in [2.75, 3.05) is 5.32 Å². The van der Waals surface area contributed by atoms with Gasteiger partial charge in [-0.15, -0.1) is 0 Å². The van der Waals surface area contributed by atoms with Crippen LogP contribution in [-0.4, -0.2) is 11.7 Å². The second kappa shape index (κ2) is 7.73. The SMILES string of the molecule is O=C(c1ccccc1)c1cc(Cl)ccc1NC(=O)c1cc2ccccc2oc1=O. The van der Waals surface area contributed by atoms with Crippen LogP contribution in [0.15, 0.2) is 88.1 Å². The van der Waals surface area contributed by atoms with Crippen LogP contribution in [0.4, 0.5) is 5.69 Å². The van der Waals surface area contributed by atoms with E-state index in [-0.39, 0.29) is 22.6 Å². The molecule has 0 radical (unpaired) electrons. The summed E-state index contributed by atoms with van der Waals surface area (Å²) in [5, 5.41) is 3.61. The van der Waals surface area contributed by atoms with Crippen LogP contribution in [-0.2, 0) is 0 Å². The number of carbonyl (C=O) groups is 2. The summed E-state index contributed by atoms with van der Waals surface area (Å²) in [6, 6.07) is 21.6. The number of hydrogen-bond acceptors (Lipinski definition) is 4. The van der Waals surface area contributed by atoms with Crippen molar-refractivity contribution in [1.82, 2.24) is 0 Å². The van der Waals surface area contributed by atoms with Gasteiger partial charge in [0.2, 0.25) is 0 Å². The second-order valence-electron chi connectivity index (χ2n) is 6.32. The number of amides is 1. The van der Waals surface area contributed by atoms with Gasteiger partial charge in [0.1, 0.15) is 11.1 Å². The molecule has 0 atom stereocenters. The van der Waals surface area contributed by atoms with Gasteiger partial charge in [-0.25, -0.2) is 4.79 Å². The molecule has 4 rings (SSSR count). The first kappa shape index (κ1) is 18.7. The fourth-order valence-corrected chi connectivity index (χ4v) is 3.14. The Labute approximate surface area is 170 Å². The first-order chi connectivity index (χ1) is 14.0. The Kier molecular flexibility index (Phi) is 4.97. The number of benzene rings is 3. The minimum absolute atomic E-state index is 0.156. The zero-order valence-electron chi connectivity index (χ0n) is 15.0. The summed E-state index contributed by atoms with van der Waals surface area (Å²) in [6.07, 6.45) is 0. The molecule has 0 spiro atoms. The molecule has 5 nitrogen and oxygen atoms in total. The maximum Gasteiger partial charge on any atom is 0.349 e. The summed E-state index contributed by atoms with van der Waals surface area (Å²) in [5.74, 6) is -0.970. The van der Waals surface area contributed by atoms with E-state index in [0.29, 0.717) is 21.6 Å². The third kappa shape index (κ3) is 3.81. The van der Waals surface area contributed by atoms with Crippen LogP contribution >= 0.6 is 11.6 Å². The fourth-order valence-electron chi connectivity index (χ4n) is 2.97. The average Bonchev–Trinajstić information content (AvgIpc) is 2.74. The van der Waals surface area contributed by atoms with Gasteiger partial charge in [-0.3, -0.25) is 9.59 Å². The molecule has 4 aromatic rings. The zero-order chi connectivity index (χ0) is 20.4. The number of anilines is 1. The predicted molar refractivity (Wildman–Crippen MR) is 112 cm³/mol. The number of carbonyl (C=O) groups excluding carboxylic acids is 2. The van der Waals surface area contributed by atoms with Crippen LogP contribution < -0.4 is 10.9 Å². The molecular formula is C23H14ClNO4. The van der Waals surface area contributed by atoms with Crippen LogP contribution in [0.3, 0.4) is 0 Å². The van der Waals surface area contributed by atoms with Gasteiger partial charge >= 0.3 is 5.63 Å². The smallest absolute Gasteiger partial charge is 0.349 e. The summed E-state index contributed by atoms with van der Waals surface area (Å²) in [6.45, 7) is 0. The van der Waals surface area contributed by atoms with E-state index < -0.39 is 11.5 Å². The molecule has 1 amide bonds. The summed E-state index contributed by atoms with van der Waals surface area (Å²) in [5.41, 5.74) is 0.405. The second-order valence-corrected chi connectivity index (χ2v) is 6.76. The molecule has 1 heterocycles. The van der Waals surface area contributed by atoms with E-state index in [4.69, 9.17) is 16.0 Å². The van der Waals surface area contributed by atoms with Crippen molar-refractivity contribution >= 4 is 39.9 Å². The van der Waals surface area contributed by atoms with Gasteiger partial charge in [-0.05, 0) is 30.3 Å². The molecule has 1 aromatic heterocycles. The highest BCUT2D eigenvalue weighted by atomic mass is 35.5. The van der Waals surface area contributed by atoms with E-state index >= 15 is 0 Å². The highest BCUT2D eigenvalue weighted by Crippen LogP contribution is 2.24. The predicted octanol–water partition coefficient (Wildman–Crippen LogP) is 4.93. The maximum absolute atomic E-state index is 12.9. The molecule has 0 fully saturated rings. The van der Waals surface area contributed by atoms with Gasteiger partial charge in [-0.2, -0.15) is 0 Å². The van der Waals surface area contributed by atoms with Crippen molar-refractivity contribution in [1.29, 1.82) is 0 Å². The molecule has 0 saturated carbocycles. The molecule has 0 aliphatic carbocycles. The van der Waals surface area contributed by atoms with Gasteiger partial charge in [0, 0.05) is 21.5 Å². The van der Waals surface area contributed by atoms with Crippen LogP contribution in [0.25, 0.3) is 11.0 Å². The van der Waals surface area contributed by atoms with E-state index in [0.717, 1.165) is 0 Å². The molecule has 3 aromatic carbocycles. The highest BCUT2D eigenvalue weighted by Gasteiger charge is 2.19. The average molecular weight is 404 g/mol. The van der Waals surface area contributed by atoms with Crippen molar-refractivity contribution < 1.29 is 14.0 Å². The first-order valence-electron chi connectivity index (χ1n) is 8.76. The number of hydrogen-bond donors (Lipinski definition) is 1. The van der Waals surface area contributed by atoms with Gasteiger partial charge in [-0.1, -0.05) is 60.1 Å². The molecule has 0 aliphatic heterocycles. The van der Waals surface area contributed by atoms with Gasteiger partial charge < -0.3 is 9.73 Å². The van der Waals surface area contributed by atoms with Gasteiger partial charge in [0.25, 0.3) is 5.91 Å². The number of fused-ring (bicyclic) bond motifs is 1. The Hall–Kier alpha value is -3.70. The molecule has 29 heavy (non-hydrogen) atoms. The third-order valence-electron chi connectivity index (χ3n) is 4.40. The third-order valence-corrected chi connectivity index (χ3v) is 4.63. The van der Waals surface area contributed by atoms with Crippen LogP contribution in [0.5, 0.6) is 0 Å². The molecular weight excluding hydrogens is 390 g/mol. The van der Waals surface area contributed by atoms with Crippen LogP contribution in [0, 0.1) is 0 Å². The first-order valence-corrected chi connectivity index (χ1v) is 9.14. The Morgan fingerprint density at radius 2 is 1.55 bits per heavy atom.